The Morgan fingerprint density at radius 3 is 2.53 bits per heavy atom. The van der Waals surface area contributed by atoms with Crippen molar-refractivity contribution in [3.8, 4) is 22.9 Å². The molecule has 1 unspecified atom stereocenters. The highest BCUT2D eigenvalue weighted by molar-refractivity contribution is 9.10. The molecule has 0 saturated heterocycles. The molecule has 5 rings (SSSR count). The molecule has 2 aromatic heterocycles. The van der Waals surface area contributed by atoms with Gasteiger partial charge in [-0.05, 0) is 75.6 Å². The fourth-order valence-electron chi connectivity index (χ4n) is 5.79. The smallest absolute Gasteiger partial charge is 0.311 e. The van der Waals surface area contributed by atoms with Crippen LogP contribution in [-0.2, 0) is 21.6 Å². The normalized spacial score (nSPS) is 13.2. The summed E-state index contributed by atoms with van der Waals surface area (Å²) < 4.78 is 42.1. The average molecular weight is 681 g/mol. The number of hydrogen-bond donors (Lipinski definition) is 3. The van der Waals surface area contributed by atoms with Crippen molar-refractivity contribution in [2.75, 3.05) is 7.11 Å². The van der Waals surface area contributed by atoms with E-state index in [1.165, 1.54) is 31.4 Å². The van der Waals surface area contributed by atoms with Crippen LogP contribution in [0.1, 0.15) is 63.3 Å². The molecule has 0 amide bonds. The predicted molar refractivity (Wildman–Crippen MR) is 173 cm³/mol. The molecule has 7 nitrogen and oxygen atoms in total. The van der Waals surface area contributed by atoms with Crippen LogP contribution in [0.5, 0.6) is 11.5 Å². The lowest BCUT2D eigenvalue weighted by atomic mass is 9.75. The number of benzene rings is 3. The number of imidazole rings is 1. The van der Waals surface area contributed by atoms with E-state index in [0.717, 1.165) is 35.0 Å². The van der Waals surface area contributed by atoms with Crippen LogP contribution in [-0.4, -0.2) is 33.1 Å². The van der Waals surface area contributed by atoms with E-state index in [2.05, 4.69) is 43.9 Å². The summed E-state index contributed by atoms with van der Waals surface area (Å²) >= 11 is 3.59. The van der Waals surface area contributed by atoms with Crippen molar-refractivity contribution in [2.45, 2.75) is 58.5 Å². The topological polar surface area (TPSA) is 100 Å². The quantitative estimate of drug-likeness (QED) is 0.0903. The molecule has 3 aromatic carbocycles. The van der Waals surface area contributed by atoms with E-state index in [9.17, 15) is 9.90 Å². The van der Waals surface area contributed by atoms with Gasteiger partial charge in [0.15, 0.2) is 11.6 Å². The highest BCUT2D eigenvalue weighted by Gasteiger charge is 2.33. The lowest BCUT2D eigenvalue weighted by Crippen LogP contribution is -2.27. The van der Waals surface area contributed by atoms with E-state index >= 15 is 8.78 Å². The van der Waals surface area contributed by atoms with Gasteiger partial charge < -0.3 is 24.5 Å². The number of carbonyl (C=O) groups excluding carboxylic acids is 1. The number of methoxy groups -OCH3 is 1. The molecule has 0 radical (unpaired) electrons. The molecule has 0 fully saturated rings. The Morgan fingerprint density at radius 1 is 1.02 bits per heavy atom. The van der Waals surface area contributed by atoms with Crippen LogP contribution >= 0.6 is 15.9 Å². The average Bonchev–Trinajstić information content (AvgIpc) is 3.70. The lowest BCUT2D eigenvalue weighted by Gasteiger charge is -2.30. The van der Waals surface area contributed by atoms with Gasteiger partial charge in [-0.3, -0.25) is 4.79 Å². The molecule has 3 N–H and O–H groups in total. The Kier molecular flexibility index (Phi) is 9.46. The predicted octanol–water partition coefficient (Wildman–Crippen LogP) is 8.95. The highest BCUT2D eigenvalue weighted by Crippen LogP contribution is 2.40. The first-order valence-corrected chi connectivity index (χ1v) is 15.5. The number of H-pyrrole nitrogens is 2. The van der Waals surface area contributed by atoms with Crippen molar-refractivity contribution in [3.05, 3.63) is 99.9 Å². The van der Waals surface area contributed by atoms with Crippen LogP contribution in [0.4, 0.5) is 8.78 Å². The van der Waals surface area contributed by atoms with Gasteiger partial charge in [0, 0.05) is 50.5 Å². The molecule has 1 atom stereocenters. The zero-order valence-corrected chi connectivity index (χ0v) is 27.2. The molecule has 0 aliphatic rings. The van der Waals surface area contributed by atoms with Gasteiger partial charge in [0.05, 0.1) is 24.7 Å². The first kappa shape index (κ1) is 32.4. The number of aliphatic hydroxyl groups excluding tert-OH is 1. The second-order valence-electron chi connectivity index (χ2n) is 12.1. The Morgan fingerprint density at radius 2 is 1.80 bits per heavy atom. The standard InChI is InChI=1S/C35H36BrF2N3O4/c1-34(2,33(43)44-4)13-5-6-14-35(3,21-8-7-9-22(36)16-21)30-19-40-32(41-30)25-17-23(10-11-27(25)37)45-31-26(20-42)24-12-15-39-29(24)18-28(31)38/h7-12,15-19,39,42H,5-6,13-14,20H2,1-4H3,(H,40,41). The third-order valence-corrected chi connectivity index (χ3v) is 9.03. The molecule has 0 saturated carbocycles. The molecule has 5 aromatic rings. The number of aromatic amines is 2. The summed E-state index contributed by atoms with van der Waals surface area (Å²) in [4.78, 5) is 23.0. The van der Waals surface area contributed by atoms with Crippen molar-refractivity contribution in [1.82, 2.24) is 15.0 Å². The zero-order valence-electron chi connectivity index (χ0n) is 25.6. The molecule has 2 heterocycles. The largest absolute Gasteiger partial charge is 0.469 e. The van der Waals surface area contributed by atoms with Crippen LogP contribution in [0.15, 0.2) is 71.5 Å². The Labute approximate surface area is 269 Å². The SMILES string of the molecule is COC(=O)C(C)(C)CCCCC(C)(c1cccc(Br)c1)c1cnc(-c2cc(Oc3c(F)cc4[nH]ccc4c3CO)ccc2F)[nH]1. The number of nitrogens with zero attached hydrogens (tertiary/aromatic N) is 1. The third kappa shape index (κ3) is 6.67. The molecule has 236 valence electrons. The lowest BCUT2D eigenvalue weighted by molar-refractivity contribution is -0.151. The summed E-state index contributed by atoms with van der Waals surface area (Å²) in [5, 5.41) is 10.6. The first-order valence-electron chi connectivity index (χ1n) is 14.7. The molecule has 0 spiro atoms. The van der Waals surface area contributed by atoms with Gasteiger partial charge in [-0.2, -0.15) is 0 Å². The van der Waals surface area contributed by atoms with E-state index < -0.39 is 29.1 Å². The summed E-state index contributed by atoms with van der Waals surface area (Å²) in [5.74, 6) is -1.05. The maximum absolute atomic E-state index is 15.2. The Hall–Kier alpha value is -4.02. The van der Waals surface area contributed by atoms with Gasteiger partial charge in [-0.15, -0.1) is 0 Å². The second kappa shape index (κ2) is 13.1. The number of halogens is 3. The number of rotatable bonds is 12. The summed E-state index contributed by atoms with van der Waals surface area (Å²) in [6, 6.07) is 15.2. The molecule has 0 aliphatic carbocycles. The van der Waals surface area contributed by atoms with Crippen molar-refractivity contribution in [2.24, 2.45) is 5.41 Å². The fraction of sp³-hybridized carbons (Fsp3) is 0.314. The number of aliphatic hydroxyl groups is 1. The van der Waals surface area contributed by atoms with Crippen molar-refractivity contribution >= 4 is 32.8 Å². The molecular weight excluding hydrogens is 644 g/mol. The fourth-order valence-corrected chi connectivity index (χ4v) is 6.19. The molecule has 45 heavy (non-hydrogen) atoms. The van der Waals surface area contributed by atoms with Gasteiger partial charge in [0.25, 0.3) is 0 Å². The van der Waals surface area contributed by atoms with Crippen molar-refractivity contribution < 1.29 is 28.2 Å². The van der Waals surface area contributed by atoms with E-state index in [1.54, 1.807) is 18.5 Å². The van der Waals surface area contributed by atoms with Gasteiger partial charge in [-0.1, -0.05) is 40.9 Å². The number of carbonyl (C=O) groups is 1. The molecular formula is C35H36BrF2N3O4. The minimum Gasteiger partial charge on any atom is -0.469 e. The Bertz CT molecular complexity index is 1830. The number of unbranched alkanes of at least 4 members (excludes halogenated alkanes) is 1. The van der Waals surface area contributed by atoms with Crippen LogP contribution < -0.4 is 4.74 Å². The van der Waals surface area contributed by atoms with Crippen LogP contribution in [0.25, 0.3) is 22.3 Å². The van der Waals surface area contributed by atoms with E-state index in [1.807, 2.05) is 32.0 Å². The number of aromatic nitrogens is 3. The van der Waals surface area contributed by atoms with Gasteiger partial charge in [0.1, 0.15) is 17.4 Å². The minimum atomic E-state index is -0.653. The van der Waals surface area contributed by atoms with Crippen molar-refractivity contribution in [1.29, 1.82) is 0 Å². The molecule has 0 aliphatic heterocycles. The summed E-state index contributed by atoms with van der Waals surface area (Å²) in [7, 11) is 1.40. The summed E-state index contributed by atoms with van der Waals surface area (Å²) in [6.45, 7) is 5.45. The van der Waals surface area contributed by atoms with Crippen LogP contribution in [0.2, 0.25) is 0 Å². The van der Waals surface area contributed by atoms with E-state index in [0.29, 0.717) is 23.1 Å². The van der Waals surface area contributed by atoms with Gasteiger partial charge in [0.2, 0.25) is 0 Å². The summed E-state index contributed by atoms with van der Waals surface area (Å²) in [5.41, 5.74) is 1.72. The maximum Gasteiger partial charge on any atom is 0.311 e. The number of hydrogen-bond acceptors (Lipinski definition) is 5. The number of nitrogens with one attached hydrogen (secondary N) is 2. The van der Waals surface area contributed by atoms with Crippen molar-refractivity contribution in [3.63, 3.8) is 0 Å². The van der Waals surface area contributed by atoms with Gasteiger partial charge in [-0.25, -0.2) is 13.8 Å². The monoisotopic (exact) mass is 679 g/mol. The molecule has 10 heteroatoms. The van der Waals surface area contributed by atoms with E-state index in [-0.39, 0.29) is 28.6 Å². The first-order chi connectivity index (χ1) is 21.5. The van der Waals surface area contributed by atoms with Crippen LogP contribution in [0, 0.1) is 17.0 Å². The third-order valence-electron chi connectivity index (χ3n) is 8.54. The summed E-state index contributed by atoms with van der Waals surface area (Å²) in [6.07, 6.45) is 6.41. The second-order valence-corrected chi connectivity index (χ2v) is 13.0. The highest BCUT2D eigenvalue weighted by atomic mass is 79.9. The Balaban J connectivity index is 1.44. The number of fused-ring (bicyclic) bond motifs is 1. The van der Waals surface area contributed by atoms with E-state index in [4.69, 9.17) is 9.47 Å². The molecule has 0 bridgehead atoms. The zero-order chi connectivity index (χ0) is 32.4. The number of esters is 1. The number of ether oxygens (including phenoxy) is 2. The maximum atomic E-state index is 15.2. The van der Waals surface area contributed by atoms with Gasteiger partial charge >= 0.3 is 5.97 Å². The minimum absolute atomic E-state index is 0.125. The van der Waals surface area contributed by atoms with Crippen LogP contribution in [0.3, 0.4) is 0 Å².